The quantitative estimate of drug-likeness (QED) is 0.855. The number of aliphatic hydroxyl groups is 2. The maximum atomic E-state index is 13.3. The van der Waals surface area contributed by atoms with Gasteiger partial charge in [0.15, 0.2) is 0 Å². The molecule has 1 aliphatic heterocycles. The molecule has 5 heteroatoms. The maximum absolute atomic E-state index is 13.3. The van der Waals surface area contributed by atoms with Crippen LogP contribution < -0.4 is 0 Å². The molecule has 2 N–H and O–H groups in total. The molecule has 3 atom stereocenters. The molecule has 0 aromatic heterocycles. The van der Waals surface area contributed by atoms with E-state index in [1.165, 1.54) is 6.07 Å². The Morgan fingerprint density at radius 2 is 2.24 bits per heavy atom. The van der Waals surface area contributed by atoms with Crippen molar-refractivity contribution in [3.05, 3.63) is 34.1 Å². The Kier molecular flexibility index (Phi) is 3.68. The first-order valence-corrected chi connectivity index (χ1v) is 5.80. The van der Waals surface area contributed by atoms with E-state index in [9.17, 15) is 9.50 Å². The minimum Gasteiger partial charge on any atom is -0.394 e. The van der Waals surface area contributed by atoms with Crippen LogP contribution in [0.15, 0.2) is 12.1 Å². The monoisotopic (exact) mass is 260 g/mol. The zero-order valence-electron chi connectivity index (χ0n) is 9.36. The van der Waals surface area contributed by atoms with E-state index in [0.29, 0.717) is 17.5 Å². The summed E-state index contributed by atoms with van der Waals surface area (Å²) in [6.45, 7) is 1.40. The van der Waals surface area contributed by atoms with Gasteiger partial charge in [0, 0.05) is 11.4 Å². The van der Waals surface area contributed by atoms with Gasteiger partial charge in [-0.05, 0) is 30.2 Å². The summed E-state index contributed by atoms with van der Waals surface area (Å²) < 4.78 is 18.7. The normalized spacial score (nSPS) is 28.6. The number of aryl methyl sites for hydroxylation is 1. The van der Waals surface area contributed by atoms with Crippen molar-refractivity contribution < 1.29 is 19.3 Å². The number of rotatable bonds is 2. The molecular formula is C12H14ClFO3. The molecule has 1 saturated heterocycles. The van der Waals surface area contributed by atoms with Crippen LogP contribution in [0.5, 0.6) is 0 Å². The van der Waals surface area contributed by atoms with Crippen LogP contribution in [-0.4, -0.2) is 29.0 Å². The molecule has 0 amide bonds. The van der Waals surface area contributed by atoms with Crippen molar-refractivity contribution in [2.75, 3.05) is 6.61 Å². The number of aliphatic hydroxyl groups excluding tert-OH is 2. The third kappa shape index (κ3) is 2.45. The van der Waals surface area contributed by atoms with Gasteiger partial charge in [0.1, 0.15) is 11.9 Å². The average molecular weight is 261 g/mol. The Morgan fingerprint density at radius 1 is 1.53 bits per heavy atom. The highest BCUT2D eigenvalue weighted by atomic mass is 35.5. The molecule has 17 heavy (non-hydrogen) atoms. The summed E-state index contributed by atoms with van der Waals surface area (Å²) in [6.07, 6.45) is -1.35. The van der Waals surface area contributed by atoms with Crippen molar-refractivity contribution in [1.29, 1.82) is 0 Å². The topological polar surface area (TPSA) is 49.7 Å². The second-order valence-corrected chi connectivity index (χ2v) is 4.68. The van der Waals surface area contributed by atoms with E-state index in [1.54, 1.807) is 13.0 Å². The van der Waals surface area contributed by atoms with E-state index in [0.717, 1.165) is 0 Å². The molecule has 0 spiro atoms. The first-order chi connectivity index (χ1) is 8.02. The largest absolute Gasteiger partial charge is 0.394 e. The first kappa shape index (κ1) is 12.8. The van der Waals surface area contributed by atoms with Gasteiger partial charge in [-0.3, -0.25) is 0 Å². The minimum atomic E-state index is -0.716. The van der Waals surface area contributed by atoms with Gasteiger partial charge < -0.3 is 14.9 Å². The highest BCUT2D eigenvalue weighted by molar-refractivity contribution is 6.31. The van der Waals surface area contributed by atoms with Crippen LogP contribution in [0.2, 0.25) is 5.02 Å². The van der Waals surface area contributed by atoms with Crippen LogP contribution in [-0.2, 0) is 4.74 Å². The lowest BCUT2D eigenvalue weighted by molar-refractivity contribution is -0.0225. The number of ether oxygens (including phenoxy) is 1. The van der Waals surface area contributed by atoms with E-state index in [1.807, 2.05) is 0 Å². The molecule has 2 rings (SSSR count). The number of hydrogen-bond acceptors (Lipinski definition) is 3. The van der Waals surface area contributed by atoms with Crippen LogP contribution in [0.3, 0.4) is 0 Å². The van der Waals surface area contributed by atoms with Crippen molar-refractivity contribution >= 4 is 11.6 Å². The number of hydrogen-bond donors (Lipinski definition) is 2. The predicted molar refractivity (Wildman–Crippen MR) is 61.5 cm³/mol. The van der Waals surface area contributed by atoms with Crippen LogP contribution in [0.25, 0.3) is 0 Å². The van der Waals surface area contributed by atoms with Crippen molar-refractivity contribution in [2.24, 2.45) is 0 Å². The maximum Gasteiger partial charge on any atom is 0.127 e. The SMILES string of the molecule is Cc1cc([C@H]2C[C@H](O)[C@@H](CO)O2)c(Cl)cc1F. The summed E-state index contributed by atoms with van der Waals surface area (Å²) in [4.78, 5) is 0. The zero-order chi connectivity index (χ0) is 12.6. The van der Waals surface area contributed by atoms with Crippen LogP contribution in [0.4, 0.5) is 4.39 Å². The van der Waals surface area contributed by atoms with Gasteiger partial charge in [-0.25, -0.2) is 4.39 Å². The fourth-order valence-electron chi connectivity index (χ4n) is 2.02. The molecule has 1 fully saturated rings. The Labute approximate surface area is 104 Å². The molecule has 1 aliphatic rings. The van der Waals surface area contributed by atoms with Crippen molar-refractivity contribution in [1.82, 2.24) is 0 Å². The van der Waals surface area contributed by atoms with Crippen LogP contribution in [0.1, 0.15) is 23.7 Å². The standard InChI is InChI=1S/C12H14ClFO3/c1-6-2-7(8(13)3-9(6)14)11-4-10(16)12(5-15)17-11/h2-3,10-12,15-16H,4-5H2,1H3/t10-,11+,12+/m0/s1. The fourth-order valence-corrected chi connectivity index (χ4v) is 2.29. The second kappa shape index (κ2) is 4.90. The Morgan fingerprint density at radius 3 is 2.82 bits per heavy atom. The summed E-state index contributed by atoms with van der Waals surface area (Å²) >= 11 is 5.96. The van der Waals surface area contributed by atoms with Crippen LogP contribution in [0, 0.1) is 12.7 Å². The lowest BCUT2D eigenvalue weighted by atomic mass is 10.0. The van der Waals surface area contributed by atoms with Crippen LogP contribution >= 0.6 is 11.6 Å². The van der Waals surface area contributed by atoms with Gasteiger partial charge in [-0.2, -0.15) is 0 Å². The lowest BCUT2D eigenvalue weighted by Crippen LogP contribution is -2.24. The Balaban J connectivity index is 2.27. The summed E-state index contributed by atoms with van der Waals surface area (Å²) in [5, 5.41) is 18.9. The molecule has 0 aliphatic carbocycles. The van der Waals surface area contributed by atoms with Crippen molar-refractivity contribution in [2.45, 2.75) is 31.7 Å². The van der Waals surface area contributed by atoms with Crippen molar-refractivity contribution in [3.63, 3.8) is 0 Å². The minimum absolute atomic E-state index is 0.241. The average Bonchev–Trinajstić information content (AvgIpc) is 2.65. The van der Waals surface area contributed by atoms with Crippen molar-refractivity contribution in [3.8, 4) is 0 Å². The fraction of sp³-hybridized carbons (Fsp3) is 0.500. The number of halogens is 2. The molecule has 0 radical (unpaired) electrons. The van der Waals surface area contributed by atoms with Gasteiger partial charge in [-0.1, -0.05) is 11.6 Å². The highest BCUT2D eigenvalue weighted by Crippen LogP contribution is 2.37. The molecular weight excluding hydrogens is 247 g/mol. The third-order valence-corrected chi connectivity index (χ3v) is 3.36. The summed E-state index contributed by atoms with van der Waals surface area (Å²) in [7, 11) is 0. The molecule has 94 valence electrons. The molecule has 0 unspecified atom stereocenters. The first-order valence-electron chi connectivity index (χ1n) is 5.43. The van der Waals surface area contributed by atoms with Gasteiger partial charge in [0.2, 0.25) is 0 Å². The van der Waals surface area contributed by atoms with E-state index in [4.69, 9.17) is 21.4 Å². The van der Waals surface area contributed by atoms with E-state index < -0.39 is 18.3 Å². The van der Waals surface area contributed by atoms with Gasteiger partial charge in [0.25, 0.3) is 0 Å². The van der Waals surface area contributed by atoms with Gasteiger partial charge in [0.05, 0.1) is 18.8 Å². The van der Waals surface area contributed by atoms with E-state index >= 15 is 0 Å². The van der Waals surface area contributed by atoms with E-state index in [-0.39, 0.29) is 17.4 Å². The molecule has 1 heterocycles. The molecule has 1 aromatic rings. The van der Waals surface area contributed by atoms with Gasteiger partial charge in [-0.15, -0.1) is 0 Å². The highest BCUT2D eigenvalue weighted by Gasteiger charge is 2.35. The zero-order valence-corrected chi connectivity index (χ0v) is 10.1. The summed E-state index contributed by atoms with van der Waals surface area (Å²) in [6, 6.07) is 2.86. The Bertz CT molecular complexity index is 424. The number of benzene rings is 1. The molecule has 0 bridgehead atoms. The molecule has 0 saturated carbocycles. The Hall–Kier alpha value is -0.680. The second-order valence-electron chi connectivity index (χ2n) is 4.27. The third-order valence-electron chi connectivity index (χ3n) is 3.03. The lowest BCUT2D eigenvalue weighted by Gasteiger charge is -2.14. The molecule has 3 nitrogen and oxygen atoms in total. The smallest absolute Gasteiger partial charge is 0.127 e. The summed E-state index contributed by atoms with van der Waals surface area (Å²) in [5.74, 6) is -0.365. The van der Waals surface area contributed by atoms with E-state index in [2.05, 4.69) is 0 Å². The molecule has 1 aromatic carbocycles. The predicted octanol–water partition coefficient (Wildman–Crippen LogP) is 1.97. The summed E-state index contributed by atoms with van der Waals surface area (Å²) in [5.41, 5.74) is 1.13. The van der Waals surface area contributed by atoms with Gasteiger partial charge >= 0.3 is 0 Å².